The van der Waals surface area contributed by atoms with Crippen molar-refractivity contribution in [3.8, 4) is 0 Å². The molecule has 2 rings (SSSR count). The molecule has 0 saturated carbocycles. The third kappa shape index (κ3) is 4.92. The molecule has 0 atom stereocenters. The molecule has 23 heavy (non-hydrogen) atoms. The Labute approximate surface area is 154 Å². The fourth-order valence-corrected chi connectivity index (χ4v) is 2.39. The predicted molar refractivity (Wildman–Crippen MR) is 105 cm³/mol. The van der Waals surface area contributed by atoms with Crippen LogP contribution in [0.15, 0.2) is 29.5 Å². The number of hydrogen-bond donors (Lipinski definition) is 2. The first kappa shape index (κ1) is 19.4. The first-order valence-corrected chi connectivity index (χ1v) is 7.73. The van der Waals surface area contributed by atoms with Gasteiger partial charge < -0.3 is 15.6 Å². The maximum Gasteiger partial charge on any atom is 0.193 e. The molecule has 2 aromatic rings. The summed E-state index contributed by atoms with van der Waals surface area (Å²) in [7, 11) is 0. The van der Waals surface area contributed by atoms with Crippen molar-refractivity contribution in [2.75, 3.05) is 5.32 Å². The summed E-state index contributed by atoms with van der Waals surface area (Å²) in [6.07, 6.45) is 3.61. The van der Waals surface area contributed by atoms with Crippen molar-refractivity contribution >= 4 is 35.6 Å². The van der Waals surface area contributed by atoms with Crippen molar-refractivity contribution in [1.82, 2.24) is 14.8 Å². The number of para-hydroxylation sites is 1. The minimum absolute atomic E-state index is 0. The number of benzene rings is 1. The second-order valence-electron chi connectivity index (χ2n) is 5.02. The fourth-order valence-electron chi connectivity index (χ4n) is 2.39. The summed E-state index contributed by atoms with van der Waals surface area (Å²) >= 11 is 0. The highest BCUT2D eigenvalue weighted by Crippen LogP contribution is 2.22. The van der Waals surface area contributed by atoms with Gasteiger partial charge in [-0.3, -0.25) is 0 Å². The highest BCUT2D eigenvalue weighted by Gasteiger charge is 2.07. The van der Waals surface area contributed by atoms with Crippen molar-refractivity contribution in [3.05, 3.63) is 41.5 Å². The van der Waals surface area contributed by atoms with Gasteiger partial charge in [-0.25, -0.2) is 4.99 Å². The number of nitrogens with zero attached hydrogens (tertiary/aromatic N) is 4. The summed E-state index contributed by atoms with van der Waals surface area (Å²) in [6, 6.07) is 6.31. The highest BCUT2D eigenvalue weighted by atomic mass is 127. The lowest BCUT2D eigenvalue weighted by molar-refractivity contribution is 0.699. The number of hydrogen-bond acceptors (Lipinski definition) is 3. The third-order valence-corrected chi connectivity index (χ3v) is 3.68. The number of rotatable bonds is 6. The normalized spacial score (nSPS) is 11.2. The van der Waals surface area contributed by atoms with Crippen molar-refractivity contribution in [1.29, 1.82) is 0 Å². The molecule has 0 fully saturated rings. The van der Waals surface area contributed by atoms with Crippen LogP contribution in [0.25, 0.3) is 0 Å². The number of nitrogens with one attached hydrogen (secondary N) is 1. The van der Waals surface area contributed by atoms with Crippen LogP contribution in [0.1, 0.15) is 37.7 Å². The summed E-state index contributed by atoms with van der Waals surface area (Å²) < 4.78 is 1.95. The Hall–Kier alpha value is -1.64. The monoisotopic (exact) mass is 428 g/mol. The van der Waals surface area contributed by atoms with Gasteiger partial charge in [0.25, 0.3) is 0 Å². The zero-order valence-electron chi connectivity index (χ0n) is 13.9. The van der Waals surface area contributed by atoms with Gasteiger partial charge in [0.1, 0.15) is 12.9 Å². The van der Waals surface area contributed by atoms with Crippen LogP contribution in [0.3, 0.4) is 0 Å². The van der Waals surface area contributed by atoms with E-state index < -0.39 is 0 Å². The van der Waals surface area contributed by atoms with Gasteiger partial charge in [0, 0.05) is 12.2 Å². The molecular weight excluding hydrogens is 403 g/mol. The lowest BCUT2D eigenvalue weighted by Gasteiger charge is -2.14. The molecule has 7 heteroatoms. The Morgan fingerprint density at radius 3 is 2.43 bits per heavy atom. The van der Waals surface area contributed by atoms with Crippen LogP contribution in [0.2, 0.25) is 0 Å². The second-order valence-corrected chi connectivity index (χ2v) is 5.02. The SMILES string of the molecule is CCc1cccc(CC)c1NC(N)=NCc1nncn1CC.I. The smallest absolute Gasteiger partial charge is 0.193 e. The molecule has 1 aromatic heterocycles. The number of anilines is 1. The Balaban J connectivity index is 0.00000264. The minimum atomic E-state index is 0. The first-order chi connectivity index (χ1) is 10.7. The average Bonchev–Trinajstić information content (AvgIpc) is 3.00. The van der Waals surface area contributed by atoms with E-state index in [1.165, 1.54) is 11.1 Å². The van der Waals surface area contributed by atoms with Gasteiger partial charge in [-0.15, -0.1) is 34.2 Å². The summed E-state index contributed by atoms with van der Waals surface area (Å²) in [5.41, 5.74) is 9.61. The molecule has 1 aromatic carbocycles. The molecule has 0 aliphatic rings. The van der Waals surface area contributed by atoms with E-state index in [2.05, 4.69) is 52.6 Å². The van der Waals surface area contributed by atoms with Gasteiger partial charge in [0.15, 0.2) is 11.8 Å². The van der Waals surface area contributed by atoms with E-state index in [1.54, 1.807) is 6.33 Å². The fraction of sp³-hybridized carbons (Fsp3) is 0.438. The zero-order valence-corrected chi connectivity index (χ0v) is 16.2. The molecule has 6 nitrogen and oxygen atoms in total. The number of nitrogens with two attached hydrogens (primary N) is 1. The van der Waals surface area contributed by atoms with Gasteiger partial charge in [-0.2, -0.15) is 0 Å². The van der Waals surface area contributed by atoms with Gasteiger partial charge in [0.2, 0.25) is 0 Å². The second kappa shape index (κ2) is 9.49. The average molecular weight is 428 g/mol. The van der Waals surface area contributed by atoms with Crippen molar-refractivity contribution in [2.24, 2.45) is 10.7 Å². The van der Waals surface area contributed by atoms with E-state index in [9.17, 15) is 0 Å². The van der Waals surface area contributed by atoms with Crippen LogP contribution < -0.4 is 11.1 Å². The summed E-state index contributed by atoms with van der Waals surface area (Å²) in [5.74, 6) is 1.22. The van der Waals surface area contributed by atoms with Crippen molar-refractivity contribution in [2.45, 2.75) is 46.7 Å². The Morgan fingerprint density at radius 2 is 1.87 bits per heavy atom. The predicted octanol–water partition coefficient (Wildman–Crippen LogP) is 2.97. The van der Waals surface area contributed by atoms with Crippen LogP contribution in [0, 0.1) is 0 Å². The summed E-state index contributed by atoms with van der Waals surface area (Å²) in [5, 5.41) is 11.2. The van der Waals surface area contributed by atoms with Crippen LogP contribution >= 0.6 is 24.0 Å². The molecule has 0 radical (unpaired) electrons. The number of guanidine groups is 1. The maximum atomic E-state index is 6.04. The minimum Gasteiger partial charge on any atom is -0.370 e. The van der Waals surface area contributed by atoms with Gasteiger partial charge in [-0.05, 0) is 30.9 Å². The Kier molecular flexibility index (Phi) is 8.01. The molecular formula is C16H25IN6. The molecule has 126 valence electrons. The molecule has 3 N–H and O–H groups in total. The Bertz CT molecular complexity index is 628. The number of aliphatic imine (C=N–C) groups is 1. The van der Waals surface area contributed by atoms with Crippen LogP contribution in [-0.2, 0) is 25.9 Å². The molecule has 0 bridgehead atoms. The lowest BCUT2D eigenvalue weighted by Crippen LogP contribution is -2.24. The third-order valence-electron chi connectivity index (χ3n) is 3.68. The summed E-state index contributed by atoms with van der Waals surface area (Å²) in [6.45, 7) is 7.56. The Morgan fingerprint density at radius 1 is 1.22 bits per heavy atom. The van der Waals surface area contributed by atoms with E-state index >= 15 is 0 Å². The topological polar surface area (TPSA) is 81.1 Å². The largest absolute Gasteiger partial charge is 0.370 e. The van der Waals surface area contributed by atoms with E-state index in [4.69, 9.17) is 5.73 Å². The van der Waals surface area contributed by atoms with Gasteiger partial charge in [0.05, 0.1) is 0 Å². The molecule has 0 spiro atoms. The van der Waals surface area contributed by atoms with E-state index in [-0.39, 0.29) is 24.0 Å². The van der Waals surface area contributed by atoms with E-state index in [1.807, 2.05) is 11.5 Å². The van der Waals surface area contributed by atoms with E-state index in [0.29, 0.717) is 12.5 Å². The van der Waals surface area contributed by atoms with Crippen LogP contribution in [-0.4, -0.2) is 20.7 Å². The summed E-state index contributed by atoms with van der Waals surface area (Å²) in [4.78, 5) is 4.38. The lowest BCUT2D eigenvalue weighted by atomic mass is 10.0. The highest BCUT2D eigenvalue weighted by molar-refractivity contribution is 14.0. The molecule has 0 saturated heterocycles. The number of aryl methyl sites for hydroxylation is 3. The van der Waals surface area contributed by atoms with Crippen LogP contribution in [0.5, 0.6) is 0 Å². The maximum absolute atomic E-state index is 6.04. The van der Waals surface area contributed by atoms with Crippen LogP contribution in [0.4, 0.5) is 5.69 Å². The molecule has 0 amide bonds. The molecule has 1 heterocycles. The van der Waals surface area contributed by atoms with E-state index in [0.717, 1.165) is 30.9 Å². The van der Waals surface area contributed by atoms with Crippen molar-refractivity contribution < 1.29 is 0 Å². The number of halogens is 1. The van der Waals surface area contributed by atoms with Gasteiger partial charge in [-0.1, -0.05) is 32.0 Å². The zero-order chi connectivity index (χ0) is 15.9. The number of aromatic nitrogens is 3. The quantitative estimate of drug-likeness (QED) is 0.421. The molecule has 0 aliphatic carbocycles. The molecule has 0 unspecified atom stereocenters. The van der Waals surface area contributed by atoms with Gasteiger partial charge >= 0.3 is 0 Å². The molecule has 0 aliphatic heterocycles. The standard InChI is InChI=1S/C16H24N6.HI/c1-4-12-8-7-9-13(5-2)15(12)20-16(17)18-10-14-21-19-11-22(14)6-3;/h7-9,11H,4-6,10H2,1-3H3,(H3,17,18,20);1H. The first-order valence-electron chi connectivity index (χ1n) is 7.73. The van der Waals surface area contributed by atoms with Crippen molar-refractivity contribution in [3.63, 3.8) is 0 Å².